The molecule has 0 bridgehead atoms. The summed E-state index contributed by atoms with van der Waals surface area (Å²) in [5, 5.41) is 0. The second kappa shape index (κ2) is 6.40. The van der Waals surface area contributed by atoms with Gasteiger partial charge in [-0.05, 0) is 31.2 Å². The Balaban J connectivity index is 2.24. The predicted molar refractivity (Wildman–Crippen MR) is 86.6 cm³/mol. The van der Waals surface area contributed by atoms with E-state index in [1.54, 1.807) is 13.0 Å². The normalized spacial score (nSPS) is 17.0. The molecule has 142 valence electrons. The van der Waals surface area contributed by atoms with E-state index in [0.29, 0.717) is 0 Å². The van der Waals surface area contributed by atoms with Crippen molar-refractivity contribution in [3.8, 4) is 0 Å². The molecule has 0 saturated carbocycles. The number of halogens is 6. The van der Waals surface area contributed by atoms with Crippen LogP contribution in [0.2, 0.25) is 0 Å². The first-order valence-corrected chi connectivity index (χ1v) is 7.67. The van der Waals surface area contributed by atoms with Crippen LogP contribution in [0.15, 0.2) is 64.6 Å². The molecule has 3 nitrogen and oxygen atoms in total. The lowest BCUT2D eigenvalue weighted by molar-refractivity contribution is -0.293. The second-order valence-electron chi connectivity index (χ2n) is 5.84. The molecule has 0 fully saturated rings. The first kappa shape index (κ1) is 18.9. The van der Waals surface area contributed by atoms with E-state index < -0.39 is 29.8 Å². The average Bonchev–Trinajstić information content (AvgIpc) is 2.61. The van der Waals surface area contributed by atoms with Gasteiger partial charge < -0.3 is 4.74 Å². The summed E-state index contributed by atoms with van der Waals surface area (Å²) in [6, 6.07) is 12.8. The molecule has 0 saturated heterocycles. The van der Waals surface area contributed by atoms with E-state index in [1.165, 1.54) is 48.5 Å². The van der Waals surface area contributed by atoms with Crippen molar-refractivity contribution in [3.63, 3.8) is 0 Å². The van der Waals surface area contributed by atoms with Crippen LogP contribution in [0.5, 0.6) is 0 Å². The number of aliphatic imine (C=N–C) groups is 2. The molecule has 1 aliphatic rings. The molecule has 0 atom stereocenters. The lowest BCUT2D eigenvalue weighted by atomic mass is 10.1. The third-order valence-electron chi connectivity index (χ3n) is 3.83. The summed E-state index contributed by atoms with van der Waals surface area (Å²) in [7, 11) is 0. The first-order chi connectivity index (χ1) is 12.5. The van der Waals surface area contributed by atoms with Crippen molar-refractivity contribution in [1.82, 2.24) is 0 Å². The van der Waals surface area contributed by atoms with Crippen molar-refractivity contribution in [2.75, 3.05) is 0 Å². The summed E-state index contributed by atoms with van der Waals surface area (Å²) in [6.07, 6.45) is -11.6. The molecular weight excluding hydrogens is 374 g/mol. The minimum atomic E-state index is -5.81. The largest absolute Gasteiger partial charge is 0.443 e. The molecule has 1 heterocycles. The average molecular weight is 386 g/mol. The standard InChI is InChI=1S/C18H12F6N2O/c1-11-7-9-13(10-8-11)15-26-16(17(19,20)21,18(22,23)24)25-14(27-15)12-5-3-2-4-6-12/h2-10H,1H3. The Labute approximate surface area is 150 Å². The highest BCUT2D eigenvalue weighted by atomic mass is 19.4. The zero-order chi connectivity index (χ0) is 19.9. The number of benzene rings is 2. The lowest BCUT2D eigenvalue weighted by Crippen LogP contribution is -2.56. The molecular formula is C18H12F6N2O. The van der Waals surface area contributed by atoms with Crippen LogP contribution >= 0.6 is 0 Å². The van der Waals surface area contributed by atoms with E-state index in [1.807, 2.05) is 0 Å². The molecule has 0 aliphatic carbocycles. The zero-order valence-electron chi connectivity index (χ0n) is 13.8. The molecule has 27 heavy (non-hydrogen) atoms. The number of hydrogen-bond donors (Lipinski definition) is 0. The molecule has 0 N–H and O–H groups in total. The van der Waals surface area contributed by atoms with E-state index >= 15 is 0 Å². The maximum absolute atomic E-state index is 13.5. The second-order valence-corrected chi connectivity index (χ2v) is 5.84. The van der Waals surface area contributed by atoms with Crippen molar-refractivity contribution in [2.45, 2.75) is 24.9 Å². The maximum Gasteiger partial charge on any atom is 0.443 e. The summed E-state index contributed by atoms with van der Waals surface area (Å²) >= 11 is 0. The summed E-state index contributed by atoms with van der Waals surface area (Å²) in [5.74, 6) is -1.62. The van der Waals surface area contributed by atoms with Crippen molar-refractivity contribution in [1.29, 1.82) is 0 Å². The van der Waals surface area contributed by atoms with Gasteiger partial charge in [0.05, 0.1) is 0 Å². The molecule has 1 aliphatic heterocycles. The molecule has 0 unspecified atom stereocenters. The van der Waals surface area contributed by atoms with Crippen molar-refractivity contribution < 1.29 is 31.1 Å². The fraction of sp³-hybridized carbons (Fsp3) is 0.222. The van der Waals surface area contributed by atoms with Crippen LogP contribution in [0.4, 0.5) is 26.3 Å². The molecule has 0 aromatic heterocycles. The summed E-state index contributed by atoms with van der Waals surface area (Å²) in [6.45, 7) is 1.72. The summed E-state index contributed by atoms with van der Waals surface area (Å²) in [5.41, 5.74) is -3.94. The Kier molecular flexibility index (Phi) is 4.49. The molecule has 0 spiro atoms. The highest BCUT2D eigenvalue weighted by Gasteiger charge is 2.74. The Morgan fingerprint density at radius 2 is 1.15 bits per heavy atom. The Hall–Kier alpha value is -2.84. The van der Waals surface area contributed by atoms with Gasteiger partial charge in [-0.2, -0.15) is 26.3 Å². The van der Waals surface area contributed by atoms with Crippen molar-refractivity contribution in [2.24, 2.45) is 9.98 Å². The van der Waals surface area contributed by atoms with Gasteiger partial charge in [-0.25, -0.2) is 9.98 Å². The molecule has 2 aromatic rings. The number of ether oxygens (including phenoxy) is 1. The van der Waals surface area contributed by atoms with E-state index in [-0.39, 0.29) is 11.1 Å². The van der Waals surface area contributed by atoms with Crippen LogP contribution < -0.4 is 0 Å². The SMILES string of the molecule is Cc1ccc(C2=NC(C(F)(F)F)(C(F)(F)F)N=C(c3ccccc3)O2)cc1. The van der Waals surface area contributed by atoms with E-state index in [9.17, 15) is 26.3 Å². The van der Waals surface area contributed by atoms with Crippen LogP contribution in [0.25, 0.3) is 0 Å². The minimum absolute atomic E-state index is 0.0261. The first-order valence-electron chi connectivity index (χ1n) is 7.67. The minimum Gasteiger partial charge on any atom is -0.420 e. The third-order valence-corrected chi connectivity index (χ3v) is 3.83. The van der Waals surface area contributed by atoms with Crippen molar-refractivity contribution in [3.05, 3.63) is 71.3 Å². The Morgan fingerprint density at radius 1 is 0.704 bits per heavy atom. The monoisotopic (exact) mass is 386 g/mol. The third kappa shape index (κ3) is 3.41. The van der Waals surface area contributed by atoms with Gasteiger partial charge in [0.1, 0.15) is 0 Å². The number of nitrogens with zero attached hydrogens (tertiary/aromatic N) is 2. The Bertz CT molecular complexity index is 869. The van der Waals surface area contributed by atoms with Gasteiger partial charge in [0, 0.05) is 11.1 Å². The van der Waals surface area contributed by atoms with Crippen LogP contribution in [-0.4, -0.2) is 29.8 Å². The summed E-state index contributed by atoms with van der Waals surface area (Å²) < 4.78 is 86.5. The van der Waals surface area contributed by atoms with E-state index in [2.05, 4.69) is 9.98 Å². The molecule has 9 heteroatoms. The van der Waals surface area contributed by atoms with E-state index in [4.69, 9.17) is 4.74 Å². The predicted octanol–water partition coefficient (Wildman–Crippen LogP) is 5.04. The van der Waals surface area contributed by atoms with Crippen LogP contribution in [0.3, 0.4) is 0 Å². The number of rotatable bonds is 2. The quantitative estimate of drug-likeness (QED) is 0.666. The van der Waals surface area contributed by atoms with Gasteiger partial charge in [-0.1, -0.05) is 35.9 Å². The lowest BCUT2D eigenvalue weighted by Gasteiger charge is -2.34. The number of aryl methyl sites for hydroxylation is 1. The van der Waals surface area contributed by atoms with Gasteiger partial charge in [-0.3, -0.25) is 0 Å². The smallest absolute Gasteiger partial charge is 0.420 e. The molecule has 0 radical (unpaired) electrons. The fourth-order valence-electron chi connectivity index (χ4n) is 2.39. The number of alkyl halides is 6. The van der Waals surface area contributed by atoms with Crippen LogP contribution in [0, 0.1) is 6.92 Å². The van der Waals surface area contributed by atoms with Gasteiger partial charge in [-0.15, -0.1) is 0 Å². The molecule has 3 rings (SSSR count). The maximum atomic E-state index is 13.5. The van der Waals surface area contributed by atoms with Gasteiger partial charge in [0.2, 0.25) is 11.8 Å². The van der Waals surface area contributed by atoms with E-state index in [0.717, 1.165) is 5.56 Å². The van der Waals surface area contributed by atoms with Gasteiger partial charge >= 0.3 is 18.0 Å². The Morgan fingerprint density at radius 3 is 1.59 bits per heavy atom. The highest BCUT2D eigenvalue weighted by Crippen LogP contribution is 2.49. The number of hydrogen-bond acceptors (Lipinski definition) is 3. The van der Waals surface area contributed by atoms with Crippen LogP contribution in [0.1, 0.15) is 16.7 Å². The van der Waals surface area contributed by atoms with Gasteiger partial charge in [0.25, 0.3) is 0 Å². The summed E-state index contributed by atoms with van der Waals surface area (Å²) in [4.78, 5) is 5.76. The topological polar surface area (TPSA) is 34.0 Å². The zero-order valence-corrected chi connectivity index (χ0v) is 13.8. The van der Waals surface area contributed by atoms with Crippen LogP contribution in [-0.2, 0) is 4.74 Å². The van der Waals surface area contributed by atoms with Gasteiger partial charge in [0.15, 0.2) is 0 Å². The fourth-order valence-corrected chi connectivity index (χ4v) is 2.39. The molecule has 0 amide bonds. The van der Waals surface area contributed by atoms with Crippen molar-refractivity contribution >= 4 is 11.8 Å². The molecule has 2 aromatic carbocycles. The highest BCUT2D eigenvalue weighted by molar-refractivity contribution is 6.08.